The predicted octanol–water partition coefficient (Wildman–Crippen LogP) is 1.51. The van der Waals surface area contributed by atoms with Gasteiger partial charge in [0.1, 0.15) is 4.90 Å². The maximum atomic E-state index is 12.8. The van der Waals surface area contributed by atoms with Crippen LogP contribution in [0.15, 0.2) is 27.5 Å². The number of hydrogen-bond acceptors (Lipinski definition) is 5. The molecule has 1 N–H and O–H groups in total. The molecule has 120 valence electrons. The molecule has 0 aliphatic carbocycles. The van der Waals surface area contributed by atoms with E-state index in [2.05, 4.69) is 9.71 Å². The molecule has 22 heavy (non-hydrogen) atoms. The van der Waals surface area contributed by atoms with E-state index in [1.165, 1.54) is 0 Å². The third-order valence-electron chi connectivity index (χ3n) is 3.35. The molecule has 1 saturated heterocycles. The zero-order valence-electron chi connectivity index (χ0n) is 11.2. The lowest BCUT2D eigenvalue weighted by Gasteiger charge is -2.32. The van der Waals surface area contributed by atoms with E-state index in [4.69, 9.17) is 4.74 Å². The molecular formula is C12H12F3N3O3S. The Morgan fingerprint density at radius 2 is 1.91 bits per heavy atom. The van der Waals surface area contributed by atoms with Crippen molar-refractivity contribution in [3.63, 3.8) is 0 Å². The summed E-state index contributed by atoms with van der Waals surface area (Å²) in [6.45, 7) is 1.62. The van der Waals surface area contributed by atoms with Crippen LogP contribution in [-0.4, -0.2) is 45.6 Å². The largest absolute Gasteiger partial charge is 0.416 e. The summed E-state index contributed by atoms with van der Waals surface area (Å²) in [5, 5.41) is 2.68. The lowest BCUT2D eigenvalue weighted by molar-refractivity contribution is -0.137. The van der Waals surface area contributed by atoms with Gasteiger partial charge in [0.15, 0.2) is 0 Å². The van der Waals surface area contributed by atoms with Crippen molar-refractivity contribution in [2.75, 3.05) is 31.6 Å². The van der Waals surface area contributed by atoms with E-state index in [1.807, 2.05) is 0 Å². The van der Waals surface area contributed by atoms with Crippen LogP contribution in [0.3, 0.4) is 0 Å². The van der Waals surface area contributed by atoms with Gasteiger partial charge in [-0.2, -0.15) is 21.6 Å². The Balaban J connectivity index is 2.00. The van der Waals surface area contributed by atoms with Crippen molar-refractivity contribution in [2.24, 2.45) is 4.40 Å². The zero-order chi connectivity index (χ0) is 16.0. The summed E-state index contributed by atoms with van der Waals surface area (Å²) in [5.74, 6) is 0.0233. The molecule has 0 spiro atoms. The third kappa shape index (κ3) is 2.75. The number of fused-ring (bicyclic) bond motifs is 1. The molecule has 0 radical (unpaired) electrons. The fraction of sp³-hybridized carbons (Fsp3) is 0.417. The second kappa shape index (κ2) is 5.13. The summed E-state index contributed by atoms with van der Waals surface area (Å²) >= 11 is 0. The topological polar surface area (TPSA) is 71.0 Å². The van der Waals surface area contributed by atoms with E-state index in [1.54, 1.807) is 4.90 Å². The Hall–Kier alpha value is -1.81. The average molecular weight is 335 g/mol. The zero-order valence-corrected chi connectivity index (χ0v) is 12.0. The van der Waals surface area contributed by atoms with Crippen molar-refractivity contribution in [3.8, 4) is 0 Å². The number of benzene rings is 1. The minimum Gasteiger partial charge on any atom is -0.378 e. The van der Waals surface area contributed by atoms with Gasteiger partial charge in [0.05, 0.1) is 24.5 Å². The molecule has 3 rings (SSSR count). The molecule has 2 aliphatic heterocycles. The average Bonchev–Trinajstić information content (AvgIpc) is 2.46. The van der Waals surface area contributed by atoms with E-state index in [0.717, 1.165) is 18.2 Å². The number of hydrogen-bond donors (Lipinski definition) is 1. The first-order valence-electron chi connectivity index (χ1n) is 6.43. The Bertz CT molecular complexity index is 725. The SMILES string of the molecule is O=S1(=O)N=C(N2CCOCC2)Nc2cc(C(F)(F)F)ccc21. The Labute approximate surface area is 124 Å². The van der Waals surface area contributed by atoms with Crippen LogP contribution in [-0.2, 0) is 20.9 Å². The Morgan fingerprint density at radius 1 is 1.23 bits per heavy atom. The Kier molecular flexibility index (Phi) is 3.52. The van der Waals surface area contributed by atoms with Gasteiger partial charge in [0.2, 0.25) is 5.96 Å². The summed E-state index contributed by atoms with van der Waals surface area (Å²) in [6.07, 6.45) is -4.55. The van der Waals surface area contributed by atoms with Crippen molar-refractivity contribution in [1.29, 1.82) is 0 Å². The van der Waals surface area contributed by atoms with Gasteiger partial charge in [-0.25, -0.2) is 0 Å². The van der Waals surface area contributed by atoms with Gasteiger partial charge in [-0.3, -0.25) is 0 Å². The molecule has 0 aromatic heterocycles. The lowest BCUT2D eigenvalue weighted by Crippen LogP contribution is -2.45. The maximum Gasteiger partial charge on any atom is 0.416 e. The summed E-state index contributed by atoms with van der Waals surface area (Å²) in [5.41, 5.74) is -1.04. The quantitative estimate of drug-likeness (QED) is 0.778. The standard InChI is InChI=1S/C12H12F3N3O3S/c13-12(14,15)8-1-2-10-9(7-8)16-11(17-22(10,19)20)18-3-5-21-6-4-18/h1-2,7H,3-6H2,(H,16,17). The summed E-state index contributed by atoms with van der Waals surface area (Å²) in [7, 11) is -4.03. The molecule has 10 heteroatoms. The van der Waals surface area contributed by atoms with Crippen molar-refractivity contribution in [3.05, 3.63) is 23.8 Å². The van der Waals surface area contributed by atoms with Crippen LogP contribution >= 0.6 is 0 Å². The molecule has 0 bridgehead atoms. The predicted molar refractivity (Wildman–Crippen MR) is 72.1 cm³/mol. The number of ether oxygens (including phenoxy) is 1. The van der Waals surface area contributed by atoms with Crippen LogP contribution in [0.5, 0.6) is 0 Å². The fourth-order valence-electron chi connectivity index (χ4n) is 2.25. The number of guanidine groups is 1. The maximum absolute atomic E-state index is 12.8. The number of alkyl halides is 3. The summed E-state index contributed by atoms with van der Waals surface area (Å²) in [4.78, 5) is 1.36. The van der Waals surface area contributed by atoms with Gasteiger partial charge >= 0.3 is 6.18 Å². The number of halogens is 3. The highest BCUT2D eigenvalue weighted by molar-refractivity contribution is 7.90. The summed E-state index contributed by atoms with van der Waals surface area (Å²) in [6, 6.07) is 2.43. The van der Waals surface area contributed by atoms with Crippen LogP contribution in [0, 0.1) is 0 Å². The highest BCUT2D eigenvalue weighted by Crippen LogP contribution is 2.35. The molecule has 2 aliphatic rings. The second-order valence-electron chi connectivity index (χ2n) is 4.82. The third-order valence-corrected chi connectivity index (χ3v) is 4.67. The highest BCUT2D eigenvalue weighted by atomic mass is 32.2. The van der Waals surface area contributed by atoms with Crippen LogP contribution in [0.4, 0.5) is 18.9 Å². The van der Waals surface area contributed by atoms with Crippen LogP contribution < -0.4 is 5.32 Å². The normalized spacial score (nSPS) is 20.9. The molecule has 1 aromatic carbocycles. The van der Waals surface area contributed by atoms with Gasteiger partial charge in [-0.1, -0.05) is 0 Å². The van der Waals surface area contributed by atoms with E-state index in [9.17, 15) is 21.6 Å². The fourth-order valence-corrected chi connectivity index (χ4v) is 3.36. The molecule has 2 heterocycles. The van der Waals surface area contributed by atoms with Gasteiger partial charge in [-0.15, -0.1) is 4.40 Å². The minimum absolute atomic E-state index is 0.0233. The van der Waals surface area contributed by atoms with Crippen molar-refractivity contribution < 1.29 is 26.3 Å². The molecule has 1 aromatic rings. The minimum atomic E-state index is -4.55. The number of anilines is 1. The number of morpholine rings is 1. The second-order valence-corrected chi connectivity index (χ2v) is 6.40. The van der Waals surface area contributed by atoms with E-state index in [-0.39, 0.29) is 16.5 Å². The molecule has 0 unspecified atom stereocenters. The lowest BCUT2D eigenvalue weighted by atomic mass is 10.2. The smallest absolute Gasteiger partial charge is 0.378 e. The van der Waals surface area contributed by atoms with E-state index in [0.29, 0.717) is 26.3 Å². The Morgan fingerprint density at radius 3 is 2.55 bits per heavy atom. The molecule has 0 amide bonds. The number of sulfonamides is 1. The molecular weight excluding hydrogens is 323 g/mol. The number of nitrogens with zero attached hydrogens (tertiary/aromatic N) is 2. The van der Waals surface area contributed by atoms with Crippen molar-refractivity contribution in [2.45, 2.75) is 11.1 Å². The molecule has 1 fully saturated rings. The summed E-state index contributed by atoms with van der Waals surface area (Å²) < 4.78 is 71.3. The van der Waals surface area contributed by atoms with Crippen LogP contribution in [0.25, 0.3) is 0 Å². The van der Waals surface area contributed by atoms with E-state index >= 15 is 0 Å². The monoisotopic (exact) mass is 335 g/mol. The first-order valence-corrected chi connectivity index (χ1v) is 7.87. The van der Waals surface area contributed by atoms with Gasteiger partial charge < -0.3 is 15.0 Å². The van der Waals surface area contributed by atoms with Crippen LogP contribution in [0.1, 0.15) is 5.56 Å². The van der Waals surface area contributed by atoms with Gasteiger partial charge in [0.25, 0.3) is 10.0 Å². The molecule has 6 nitrogen and oxygen atoms in total. The van der Waals surface area contributed by atoms with Crippen molar-refractivity contribution >= 4 is 21.7 Å². The number of rotatable bonds is 0. The van der Waals surface area contributed by atoms with E-state index < -0.39 is 21.8 Å². The molecule has 0 saturated carbocycles. The van der Waals surface area contributed by atoms with Gasteiger partial charge in [0, 0.05) is 13.1 Å². The van der Waals surface area contributed by atoms with Gasteiger partial charge in [-0.05, 0) is 18.2 Å². The molecule has 0 atom stereocenters. The first-order chi connectivity index (χ1) is 10.3. The van der Waals surface area contributed by atoms with Crippen LogP contribution in [0.2, 0.25) is 0 Å². The highest BCUT2D eigenvalue weighted by Gasteiger charge is 2.34. The first kappa shape index (κ1) is 15.1. The number of nitrogens with one attached hydrogen (secondary N) is 1. The van der Waals surface area contributed by atoms with Crippen molar-refractivity contribution in [1.82, 2.24) is 4.90 Å².